The number of carbonyl (C=O) groups excluding carboxylic acids is 2. The zero-order valence-electron chi connectivity index (χ0n) is 15.6. The van der Waals surface area contributed by atoms with Crippen LogP contribution in [0.15, 0.2) is 22.0 Å². The van der Waals surface area contributed by atoms with Crippen molar-refractivity contribution in [3.8, 4) is 0 Å². The summed E-state index contributed by atoms with van der Waals surface area (Å²) in [5.74, 6) is 2.80. The number of carbonyl (C=O) groups is 1. The fraction of sp³-hybridized carbons (Fsp3) is 0.684. The van der Waals surface area contributed by atoms with Gasteiger partial charge in [-0.3, -0.25) is 0 Å². The van der Waals surface area contributed by atoms with E-state index in [0.29, 0.717) is 18.8 Å². The van der Waals surface area contributed by atoms with E-state index >= 15 is 0 Å². The highest BCUT2D eigenvalue weighted by Crippen LogP contribution is 2.48. The molecule has 1 aliphatic carbocycles. The monoisotopic (exact) mass is 345 g/mol. The van der Waals surface area contributed by atoms with E-state index in [9.17, 15) is 9.59 Å². The molecule has 136 valence electrons. The zero-order valence-corrected chi connectivity index (χ0v) is 15.6. The maximum atomic E-state index is 12.3. The Labute approximate surface area is 149 Å². The highest BCUT2D eigenvalue weighted by atomic mass is 16.6. The fourth-order valence-corrected chi connectivity index (χ4v) is 3.95. The molecule has 3 rings (SSSR count). The molecule has 1 spiro atoms. The van der Waals surface area contributed by atoms with Gasteiger partial charge in [0.1, 0.15) is 17.1 Å². The number of piperidine rings is 1. The van der Waals surface area contributed by atoms with Gasteiger partial charge in [-0.2, -0.15) is 0 Å². The molecule has 0 unspecified atom stereocenters. The van der Waals surface area contributed by atoms with E-state index in [1.165, 1.54) is 0 Å². The van der Waals surface area contributed by atoms with Gasteiger partial charge in [-0.05, 0) is 65.2 Å². The van der Waals surface area contributed by atoms with E-state index < -0.39 is 5.60 Å². The van der Waals surface area contributed by atoms with Crippen molar-refractivity contribution in [1.29, 1.82) is 0 Å². The molecular weight excluding hydrogens is 318 g/mol. The minimum Gasteiger partial charge on any atom is -0.444 e. The molecule has 1 fully saturated rings. The van der Waals surface area contributed by atoms with Crippen LogP contribution in [0.3, 0.4) is 0 Å². The molecule has 0 bridgehead atoms. The van der Waals surface area contributed by atoms with Gasteiger partial charge in [-0.15, -0.1) is 0 Å². The second kappa shape index (κ2) is 6.34. The summed E-state index contributed by atoms with van der Waals surface area (Å²) >= 11 is 0. The Morgan fingerprint density at radius 3 is 2.56 bits per heavy atom. The van der Waals surface area contributed by atoms with Crippen LogP contribution in [-0.2, 0) is 9.53 Å². The highest BCUT2D eigenvalue weighted by Gasteiger charge is 2.41. The number of nitrogens with zero attached hydrogens (tertiary/aromatic N) is 2. The van der Waals surface area contributed by atoms with Gasteiger partial charge < -0.3 is 15.0 Å². The summed E-state index contributed by atoms with van der Waals surface area (Å²) in [4.78, 5) is 29.9. The van der Waals surface area contributed by atoms with Gasteiger partial charge in [-0.25, -0.2) is 14.6 Å². The molecule has 1 amide bonds. The van der Waals surface area contributed by atoms with E-state index in [-0.39, 0.29) is 11.5 Å². The Balaban J connectivity index is 1.69. The summed E-state index contributed by atoms with van der Waals surface area (Å²) < 4.78 is 5.48. The summed E-state index contributed by atoms with van der Waals surface area (Å²) in [7, 11) is 0. The highest BCUT2D eigenvalue weighted by molar-refractivity contribution is 5.87. The van der Waals surface area contributed by atoms with Crippen molar-refractivity contribution >= 4 is 17.9 Å². The molecule has 0 saturated carbocycles. The van der Waals surface area contributed by atoms with E-state index in [4.69, 9.17) is 4.74 Å². The molecule has 2 aliphatic heterocycles. The summed E-state index contributed by atoms with van der Waals surface area (Å²) in [5.41, 5.74) is 2.25. The van der Waals surface area contributed by atoms with Crippen molar-refractivity contribution in [3.05, 3.63) is 17.0 Å². The van der Waals surface area contributed by atoms with Crippen LogP contribution in [0.25, 0.3) is 0 Å². The third-order valence-corrected chi connectivity index (χ3v) is 5.28. The average molecular weight is 345 g/mol. The quantitative estimate of drug-likeness (QED) is 0.685. The van der Waals surface area contributed by atoms with Crippen LogP contribution in [-0.4, -0.2) is 41.5 Å². The molecule has 0 aromatic heterocycles. The van der Waals surface area contributed by atoms with Crippen molar-refractivity contribution in [2.75, 3.05) is 13.1 Å². The van der Waals surface area contributed by atoms with Crippen molar-refractivity contribution < 1.29 is 14.3 Å². The molecule has 0 radical (unpaired) electrons. The first kappa shape index (κ1) is 17.7. The number of hydrogen-bond acceptors (Lipinski definition) is 5. The molecule has 1 saturated heterocycles. The Morgan fingerprint density at radius 2 is 1.96 bits per heavy atom. The van der Waals surface area contributed by atoms with Gasteiger partial charge in [0, 0.05) is 24.4 Å². The lowest BCUT2D eigenvalue weighted by molar-refractivity contribution is 0.00821. The number of rotatable bonds is 0. The lowest BCUT2D eigenvalue weighted by Gasteiger charge is -2.45. The number of amidine groups is 1. The first-order chi connectivity index (χ1) is 11.7. The molecule has 3 aliphatic rings. The van der Waals surface area contributed by atoms with Crippen molar-refractivity contribution in [2.45, 2.75) is 65.4 Å². The third-order valence-electron chi connectivity index (χ3n) is 5.28. The number of ether oxygens (including phenoxy) is 1. The lowest BCUT2D eigenvalue weighted by Crippen LogP contribution is -2.46. The SMILES string of the molecule is CC1=NC2=C(CC3(CC2)CCN(C(=O)OC(C)(C)C)CC3)C(=C=O)N1. The Morgan fingerprint density at radius 1 is 1.28 bits per heavy atom. The molecular formula is C19H27N3O3. The Hall–Kier alpha value is -2.07. The molecule has 25 heavy (non-hydrogen) atoms. The molecule has 0 aromatic carbocycles. The van der Waals surface area contributed by atoms with E-state index in [0.717, 1.165) is 49.2 Å². The van der Waals surface area contributed by atoms with Crippen LogP contribution in [0.5, 0.6) is 0 Å². The van der Waals surface area contributed by atoms with Crippen molar-refractivity contribution in [3.63, 3.8) is 0 Å². The molecule has 6 nitrogen and oxygen atoms in total. The third kappa shape index (κ3) is 3.79. The lowest BCUT2D eigenvalue weighted by atomic mass is 9.66. The molecule has 0 aromatic rings. The van der Waals surface area contributed by atoms with Crippen molar-refractivity contribution in [1.82, 2.24) is 10.2 Å². The summed E-state index contributed by atoms with van der Waals surface area (Å²) in [6, 6.07) is 0. The minimum atomic E-state index is -0.468. The van der Waals surface area contributed by atoms with Gasteiger partial charge in [0.05, 0.1) is 0 Å². The molecule has 1 N–H and O–H groups in total. The Kier molecular flexibility index (Phi) is 4.50. The topological polar surface area (TPSA) is 71.0 Å². The van der Waals surface area contributed by atoms with Gasteiger partial charge in [0.25, 0.3) is 0 Å². The maximum Gasteiger partial charge on any atom is 0.410 e. The smallest absolute Gasteiger partial charge is 0.410 e. The summed E-state index contributed by atoms with van der Waals surface area (Å²) in [6.07, 6.45) is 4.39. The van der Waals surface area contributed by atoms with Crippen LogP contribution in [0.1, 0.15) is 59.8 Å². The predicted octanol–water partition coefficient (Wildman–Crippen LogP) is 3.18. The van der Waals surface area contributed by atoms with Crippen LogP contribution >= 0.6 is 0 Å². The molecule has 0 atom stereocenters. The van der Waals surface area contributed by atoms with Gasteiger partial charge in [0.2, 0.25) is 0 Å². The van der Waals surface area contributed by atoms with E-state index in [2.05, 4.69) is 10.3 Å². The standard InChI is InChI=1S/C19H27N3O3/c1-13-20-15-5-6-19(11-14(15)16(12-23)21-13)7-9-22(10-8-19)17(24)25-18(2,3)4/h5-11H2,1-4H3,(H,20,21). The number of likely N-dealkylation sites (tertiary alicyclic amines) is 1. The second-order valence-electron chi connectivity index (χ2n) is 8.37. The first-order valence-corrected chi connectivity index (χ1v) is 8.99. The van der Waals surface area contributed by atoms with E-state index in [1.54, 1.807) is 4.90 Å². The van der Waals surface area contributed by atoms with Crippen molar-refractivity contribution in [2.24, 2.45) is 10.4 Å². The van der Waals surface area contributed by atoms with Gasteiger partial charge in [-0.1, -0.05) is 0 Å². The largest absolute Gasteiger partial charge is 0.444 e. The second-order valence-corrected chi connectivity index (χ2v) is 8.37. The Bertz CT molecular complexity index is 685. The average Bonchev–Trinajstić information content (AvgIpc) is 2.53. The fourth-order valence-electron chi connectivity index (χ4n) is 3.95. The number of hydrogen-bond donors (Lipinski definition) is 1. The van der Waals surface area contributed by atoms with Crippen LogP contribution < -0.4 is 5.32 Å². The summed E-state index contributed by atoms with van der Waals surface area (Å²) in [6.45, 7) is 8.93. The number of nitrogens with one attached hydrogen (secondary N) is 1. The van der Waals surface area contributed by atoms with Gasteiger partial charge in [0.15, 0.2) is 5.94 Å². The zero-order chi connectivity index (χ0) is 18.2. The summed E-state index contributed by atoms with van der Waals surface area (Å²) in [5, 5.41) is 3.04. The molecule has 2 heterocycles. The van der Waals surface area contributed by atoms with Crippen LogP contribution in [0, 0.1) is 5.41 Å². The van der Waals surface area contributed by atoms with Crippen LogP contribution in [0.2, 0.25) is 0 Å². The number of allylic oxidation sites excluding steroid dienone is 2. The number of aliphatic imine (C=N–C) groups is 1. The first-order valence-electron chi connectivity index (χ1n) is 8.99. The predicted molar refractivity (Wildman–Crippen MR) is 95.8 cm³/mol. The normalized spacial score (nSPS) is 22.8. The maximum absolute atomic E-state index is 12.3. The van der Waals surface area contributed by atoms with E-state index in [1.807, 2.05) is 33.6 Å². The molecule has 6 heteroatoms. The van der Waals surface area contributed by atoms with Crippen LogP contribution in [0.4, 0.5) is 4.79 Å². The minimum absolute atomic E-state index is 0.141. The number of amides is 1. The van der Waals surface area contributed by atoms with Gasteiger partial charge >= 0.3 is 6.09 Å².